The number of phenols is 1. The molecule has 5 heteroatoms. The van der Waals surface area contributed by atoms with Crippen molar-refractivity contribution in [1.29, 1.82) is 5.26 Å². The van der Waals surface area contributed by atoms with Gasteiger partial charge in [0.2, 0.25) is 0 Å². The molecular weight excluding hydrogens is 450 g/mol. The Morgan fingerprint density at radius 2 is 1.39 bits per heavy atom. The van der Waals surface area contributed by atoms with Gasteiger partial charge < -0.3 is 9.84 Å². The first-order chi connectivity index (χ1) is 16.9. The van der Waals surface area contributed by atoms with Gasteiger partial charge in [-0.3, -0.25) is 4.79 Å². The minimum atomic E-state index is -0.854. The quantitative estimate of drug-likeness (QED) is 0.245. The van der Waals surface area contributed by atoms with E-state index in [-0.39, 0.29) is 23.7 Å². The number of esters is 1. The van der Waals surface area contributed by atoms with Gasteiger partial charge >= 0.3 is 5.97 Å². The summed E-state index contributed by atoms with van der Waals surface area (Å²) in [6.45, 7) is 8.97. The monoisotopic (exact) mass is 479 g/mol. The van der Waals surface area contributed by atoms with Crippen LogP contribution in [0, 0.1) is 22.2 Å². The van der Waals surface area contributed by atoms with Gasteiger partial charge in [-0.1, -0.05) is 69.3 Å². The zero-order valence-corrected chi connectivity index (χ0v) is 21.2. The van der Waals surface area contributed by atoms with Gasteiger partial charge in [0.05, 0.1) is 16.5 Å². The van der Waals surface area contributed by atoms with E-state index in [9.17, 15) is 20.0 Å². The predicted molar refractivity (Wildman–Crippen MR) is 142 cm³/mol. The van der Waals surface area contributed by atoms with E-state index in [4.69, 9.17) is 4.74 Å². The number of nitriles is 1. The fraction of sp³-hybridized carbons (Fsp3) is 0.258. The molecule has 0 amide bonds. The summed E-state index contributed by atoms with van der Waals surface area (Å²) >= 11 is 0. The van der Waals surface area contributed by atoms with Gasteiger partial charge in [0.1, 0.15) is 24.2 Å². The van der Waals surface area contributed by atoms with Crippen molar-refractivity contribution >= 4 is 33.3 Å². The minimum absolute atomic E-state index is 0.00470. The van der Waals surface area contributed by atoms with Crippen molar-refractivity contribution in [3.05, 3.63) is 77.9 Å². The number of Topliss-reactive ketones (excluding diaryl/α,β-unsaturated/α-hetero) is 1. The van der Waals surface area contributed by atoms with Gasteiger partial charge in [0, 0.05) is 16.2 Å². The van der Waals surface area contributed by atoms with Crippen LogP contribution < -0.4 is 0 Å². The number of aromatic hydroxyl groups is 1. The second-order valence-corrected chi connectivity index (χ2v) is 10.8. The van der Waals surface area contributed by atoms with Gasteiger partial charge in [0.15, 0.2) is 0 Å². The van der Waals surface area contributed by atoms with Crippen LogP contribution >= 0.6 is 0 Å². The van der Waals surface area contributed by atoms with E-state index in [1.54, 1.807) is 26.0 Å². The van der Waals surface area contributed by atoms with E-state index in [0.29, 0.717) is 11.1 Å². The number of fused-ring (bicyclic) bond motifs is 2. The van der Waals surface area contributed by atoms with Crippen molar-refractivity contribution in [3.63, 3.8) is 0 Å². The molecule has 0 saturated heterocycles. The lowest BCUT2D eigenvalue weighted by atomic mass is 9.75. The lowest BCUT2D eigenvalue weighted by molar-refractivity contribution is -0.137. The number of hydrogen-bond acceptors (Lipinski definition) is 5. The number of carbonyl (C=O) groups is 2. The summed E-state index contributed by atoms with van der Waals surface area (Å²) in [5, 5.41) is 23.7. The second-order valence-electron chi connectivity index (χ2n) is 10.8. The Hall–Kier alpha value is -4.17. The highest BCUT2D eigenvalue weighted by Gasteiger charge is 2.37. The maximum Gasteiger partial charge on any atom is 0.338 e. The fourth-order valence-corrected chi connectivity index (χ4v) is 4.84. The summed E-state index contributed by atoms with van der Waals surface area (Å²) in [4.78, 5) is 25.8. The van der Waals surface area contributed by atoms with Gasteiger partial charge in [-0.15, -0.1) is 0 Å². The smallest absolute Gasteiger partial charge is 0.338 e. The van der Waals surface area contributed by atoms with Crippen molar-refractivity contribution in [3.8, 4) is 22.9 Å². The number of carbonyl (C=O) groups excluding carboxylic acids is 2. The highest BCUT2D eigenvalue weighted by molar-refractivity contribution is 6.16. The molecule has 0 bridgehead atoms. The van der Waals surface area contributed by atoms with E-state index in [2.05, 4.69) is 6.07 Å². The Bertz CT molecular complexity index is 1490. The van der Waals surface area contributed by atoms with Gasteiger partial charge in [0.25, 0.3) is 0 Å². The van der Waals surface area contributed by atoms with E-state index >= 15 is 0 Å². The van der Waals surface area contributed by atoms with Crippen LogP contribution in [-0.2, 0) is 9.53 Å². The summed E-state index contributed by atoms with van der Waals surface area (Å²) in [6, 6.07) is 22.2. The lowest BCUT2D eigenvalue weighted by Crippen LogP contribution is -2.38. The average molecular weight is 480 g/mol. The van der Waals surface area contributed by atoms with E-state index in [0.717, 1.165) is 27.1 Å². The third-order valence-electron chi connectivity index (χ3n) is 6.35. The molecule has 0 aliphatic heterocycles. The lowest BCUT2D eigenvalue weighted by Gasteiger charge is -2.30. The standard InChI is InChI=1S/C31H29NO4/c1-30(2,3)29(35)31(4,5)18-36-28(34)20-14-19(15-21(33)16-20)27-24-12-8-6-10-22(24)26(17-32)23-11-7-9-13-25(23)27/h6-16,33H,18H2,1-5H3. The van der Waals surface area contributed by atoms with Crippen molar-refractivity contribution in [2.24, 2.45) is 10.8 Å². The molecular formula is C31H29NO4. The topological polar surface area (TPSA) is 87.4 Å². The first-order valence-electron chi connectivity index (χ1n) is 11.8. The third-order valence-corrected chi connectivity index (χ3v) is 6.35. The Balaban J connectivity index is 1.81. The molecule has 0 fully saturated rings. The molecule has 1 N–H and O–H groups in total. The maximum atomic E-state index is 13.0. The van der Waals surface area contributed by atoms with Crippen molar-refractivity contribution < 1.29 is 19.4 Å². The highest BCUT2D eigenvalue weighted by atomic mass is 16.5. The maximum absolute atomic E-state index is 13.0. The molecule has 0 heterocycles. The van der Waals surface area contributed by atoms with Crippen molar-refractivity contribution in [1.82, 2.24) is 0 Å². The summed E-state index contributed by atoms with van der Waals surface area (Å²) in [7, 11) is 0. The molecule has 0 spiro atoms. The minimum Gasteiger partial charge on any atom is -0.508 e. The van der Waals surface area contributed by atoms with Crippen LogP contribution in [0.3, 0.4) is 0 Å². The zero-order valence-electron chi connectivity index (χ0n) is 21.2. The number of benzene rings is 4. The molecule has 0 unspecified atom stereocenters. The Kier molecular flexibility index (Phi) is 6.32. The van der Waals surface area contributed by atoms with E-state index in [1.807, 2.05) is 69.3 Å². The number of ketones is 1. The first-order valence-corrected chi connectivity index (χ1v) is 11.8. The van der Waals surface area contributed by atoms with Gasteiger partial charge in [-0.2, -0.15) is 5.26 Å². The second kappa shape index (κ2) is 9.13. The van der Waals surface area contributed by atoms with E-state index in [1.165, 1.54) is 6.07 Å². The van der Waals surface area contributed by atoms with Crippen LogP contribution in [0.25, 0.3) is 32.7 Å². The number of phenolic OH excluding ortho intramolecular Hbond substituents is 1. The molecule has 0 atom stereocenters. The van der Waals surface area contributed by atoms with Crippen LogP contribution in [-0.4, -0.2) is 23.5 Å². The third kappa shape index (κ3) is 4.55. The summed E-state index contributed by atoms with van der Waals surface area (Å²) < 4.78 is 5.55. The van der Waals surface area contributed by atoms with Crippen molar-refractivity contribution in [2.45, 2.75) is 34.6 Å². The van der Waals surface area contributed by atoms with Crippen LogP contribution in [0.5, 0.6) is 5.75 Å². The summed E-state index contributed by atoms with van der Waals surface area (Å²) in [6.07, 6.45) is 0. The van der Waals surface area contributed by atoms with Crippen molar-refractivity contribution in [2.75, 3.05) is 6.61 Å². The number of nitrogens with zero attached hydrogens (tertiary/aromatic N) is 1. The molecule has 0 aliphatic carbocycles. The molecule has 4 rings (SSSR count). The Morgan fingerprint density at radius 1 is 0.861 bits per heavy atom. The van der Waals surface area contributed by atoms with Gasteiger partial charge in [-0.05, 0) is 53.9 Å². The van der Waals surface area contributed by atoms with Crippen LogP contribution in [0.2, 0.25) is 0 Å². The molecule has 0 radical (unpaired) electrons. The Morgan fingerprint density at radius 3 is 1.89 bits per heavy atom. The number of ether oxygens (including phenoxy) is 1. The predicted octanol–water partition coefficient (Wildman–Crippen LogP) is 7.04. The number of rotatable bonds is 5. The Labute approximate surface area is 210 Å². The SMILES string of the molecule is CC(C)(C)C(=O)C(C)(C)COC(=O)c1cc(O)cc(-c2c3ccccc3c(C#N)c3ccccc23)c1. The zero-order chi connectivity index (χ0) is 26.3. The largest absolute Gasteiger partial charge is 0.508 e. The van der Waals surface area contributed by atoms with Gasteiger partial charge in [-0.25, -0.2) is 4.79 Å². The molecule has 0 aliphatic rings. The molecule has 4 aromatic carbocycles. The molecule has 182 valence electrons. The molecule has 0 aromatic heterocycles. The fourth-order valence-electron chi connectivity index (χ4n) is 4.84. The van der Waals surface area contributed by atoms with Crippen LogP contribution in [0.15, 0.2) is 66.7 Å². The van der Waals surface area contributed by atoms with Crippen LogP contribution in [0.1, 0.15) is 50.5 Å². The van der Waals surface area contributed by atoms with E-state index < -0.39 is 16.8 Å². The average Bonchev–Trinajstić information content (AvgIpc) is 2.84. The molecule has 0 saturated carbocycles. The molecule has 36 heavy (non-hydrogen) atoms. The first kappa shape index (κ1) is 24.9. The molecule has 5 nitrogen and oxygen atoms in total. The number of hydrogen-bond donors (Lipinski definition) is 1. The molecule has 4 aromatic rings. The summed E-state index contributed by atoms with van der Waals surface area (Å²) in [5.74, 6) is -0.707. The van der Waals surface area contributed by atoms with Crippen LogP contribution in [0.4, 0.5) is 0 Å². The summed E-state index contributed by atoms with van der Waals surface area (Å²) in [5.41, 5.74) is 0.785. The highest BCUT2D eigenvalue weighted by Crippen LogP contribution is 2.40. The normalized spacial score (nSPS) is 11.9.